The summed E-state index contributed by atoms with van der Waals surface area (Å²) in [6.07, 6.45) is 3.91. The standard InChI is InChI=1S/C15H16N2O2S2/c18-14-13(9-16-11-5-2-1-3-6-11)21-15(20)17(14)10-12-7-4-8-19-12/h1-3,5-6,9,12,18H,4,7-8,10H2/t12-/m0/s1. The number of thiazole rings is 1. The first-order valence-electron chi connectivity index (χ1n) is 6.87. The molecule has 1 N–H and O–H groups in total. The molecule has 0 amide bonds. The Labute approximate surface area is 132 Å². The van der Waals surface area contributed by atoms with Crippen molar-refractivity contribution in [3.8, 4) is 5.88 Å². The summed E-state index contributed by atoms with van der Waals surface area (Å²) < 4.78 is 7.99. The van der Waals surface area contributed by atoms with E-state index in [0.29, 0.717) is 15.4 Å². The molecule has 0 bridgehead atoms. The maximum atomic E-state index is 10.3. The van der Waals surface area contributed by atoms with Gasteiger partial charge in [0.1, 0.15) is 4.88 Å². The Kier molecular flexibility index (Phi) is 4.48. The van der Waals surface area contributed by atoms with E-state index in [4.69, 9.17) is 17.0 Å². The van der Waals surface area contributed by atoms with Gasteiger partial charge in [0.2, 0.25) is 5.88 Å². The van der Waals surface area contributed by atoms with Gasteiger partial charge in [-0.05, 0) is 37.2 Å². The number of para-hydroxylation sites is 1. The molecule has 2 heterocycles. The molecule has 0 unspecified atom stereocenters. The molecule has 1 aromatic carbocycles. The fourth-order valence-corrected chi connectivity index (χ4v) is 3.50. The van der Waals surface area contributed by atoms with Crippen molar-refractivity contribution >= 4 is 35.5 Å². The molecule has 0 aliphatic carbocycles. The summed E-state index contributed by atoms with van der Waals surface area (Å²) in [5, 5.41) is 10.3. The van der Waals surface area contributed by atoms with Crippen LogP contribution in [0.3, 0.4) is 0 Å². The number of rotatable bonds is 4. The summed E-state index contributed by atoms with van der Waals surface area (Å²) in [4.78, 5) is 5.04. The molecule has 0 radical (unpaired) electrons. The Bertz CT molecular complexity index is 685. The van der Waals surface area contributed by atoms with Crippen LogP contribution in [0.25, 0.3) is 0 Å². The van der Waals surface area contributed by atoms with E-state index < -0.39 is 0 Å². The largest absolute Gasteiger partial charge is 0.493 e. The maximum Gasteiger partial charge on any atom is 0.212 e. The van der Waals surface area contributed by atoms with E-state index in [0.717, 1.165) is 25.1 Å². The molecule has 4 nitrogen and oxygen atoms in total. The predicted molar refractivity (Wildman–Crippen MR) is 87.5 cm³/mol. The Balaban J connectivity index is 1.80. The molecule has 110 valence electrons. The molecule has 1 fully saturated rings. The number of aromatic nitrogens is 1. The molecule has 1 saturated heterocycles. The molecule has 0 spiro atoms. The lowest BCUT2D eigenvalue weighted by Gasteiger charge is -2.10. The third kappa shape index (κ3) is 3.40. The van der Waals surface area contributed by atoms with E-state index in [-0.39, 0.29) is 12.0 Å². The molecule has 0 saturated carbocycles. The minimum atomic E-state index is 0.149. The van der Waals surface area contributed by atoms with Crippen LogP contribution in [0.2, 0.25) is 0 Å². The summed E-state index contributed by atoms with van der Waals surface area (Å²) in [6, 6.07) is 9.62. The molecule has 6 heteroatoms. The van der Waals surface area contributed by atoms with Crippen LogP contribution in [0.1, 0.15) is 17.7 Å². The van der Waals surface area contributed by atoms with Gasteiger partial charge in [0, 0.05) is 6.61 Å². The zero-order chi connectivity index (χ0) is 14.7. The van der Waals surface area contributed by atoms with E-state index in [1.807, 2.05) is 30.3 Å². The van der Waals surface area contributed by atoms with Crippen molar-refractivity contribution in [3.63, 3.8) is 0 Å². The number of benzene rings is 1. The van der Waals surface area contributed by atoms with Crippen LogP contribution in [0.5, 0.6) is 5.88 Å². The maximum absolute atomic E-state index is 10.3. The average molecular weight is 320 g/mol. The minimum Gasteiger partial charge on any atom is -0.493 e. The van der Waals surface area contributed by atoms with Crippen molar-refractivity contribution in [1.82, 2.24) is 4.57 Å². The predicted octanol–water partition coefficient (Wildman–Crippen LogP) is 3.91. The van der Waals surface area contributed by atoms with Gasteiger partial charge in [-0.1, -0.05) is 29.5 Å². The Morgan fingerprint density at radius 1 is 1.43 bits per heavy atom. The Morgan fingerprint density at radius 2 is 2.24 bits per heavy atom. The van der Waals surface area contributed by atoms with Crippen molar-refractivity contribution in [1.29, 1.82) is 0 Å². The molecule has 1 aliphatic heterocycles. The van der Waals surface area contributed by atoms with Crippen molar-refractivity contribution in [2.75, 3.05) is 6.61 Å². The smallest absolute Gasteiger partial charge is 0.212 e. The first-order chi connectivity index (χ1) is 10.2. The summed E-state index contributed by atoms with van der Waals surface area (Å²) >= 11 is 6.70. The van der Waals surface area contributed by atoms with Gasteiger partial charge in [-0.2, -0.15) is 0 Å². The number of aliphatic imine (C=N–C) groups is 1. The molecule has 21 heavy (non-hydrogen) atoms. The lowest BCUT2D eigenvalue weighted by molar-refractivity contribution is 0.0948. The van der Waals surface area contributed by atoms with Gasteiger partial charge in [0.25, 0.3) is 0 Å². The molecular formula is C15H16N2O2S2. The third-order valence-electron chi connectivity index (χ3n) is 3.39. The zero-order valence-corrected chi connectivity index (χ0v) is 13.1. The van der Waals surface area contributed by atoms with Crippen LogP contribution >= 0.6 is 23.6 Å². The first kappa shape index (κ1) is 14.4. The van der Waals surface area contributed by atoms with E-state index in [1.165, 1.54) is 11.3 Å². The highest BCUT2D eigenvalue weighted by molar-refractivity contribution is 7.73. The van der Waals surface area contributed by atoms with Crippen molar-refractivity contribution in [2.45, 2.75) is 25.5 Å². The number of hydrogen-bond acceptors (Lipinski definition) is 5. The quantitative estimate of drug-likeness (QED) is 0.686. The second-order valence-electron chi connectivity index (χ2n) is 4.90. The monoisotopic (exact) mass is 320 g/mol. The number of aromatic hydroxyl groups is 1. The SMILES string of the molecule is Oc1c(C=Nc2ccccc2)sc(=S)n1C[C@@H]1CCCO1. The molecular weight excluding hydrogens is 304 g/mol. The second kappa shape index (κ2) is 6.51. The minimum absolute atomic E-state index is 0.149. The number of hydrogen-bond donors (Lipinski definition) is 1. The van der Waals surface area contributed by atoms with E-state index in [2.05, 4.69) is 4.99 Å². The van der Waals surface area contributed by atoms with Crippen molar-refractivity contribution in [3.05, 3.63) is 39.2 Å². The van der Waals surface area contributed by atoms with E-state index in [1.54, 1.807) is 10.8 Å². The molecule has 1 aromatic heterocycles. The van der Waals surface area contributed by atoms with Crippen molar-refractivity contribution < 1.29 is 9.84 Å². The van der Waals surface area contributed by atoms with Crippen molar-refractivity contribution in [2.24, 2.45) is 4.99 Å². The van der Waals surface area contributed by atoms with Gasteiger partial charge in [0.05, 0.1) is 24.6 Å². The highest BCUT2D eigenvalue weighted by Crippen LogP contribution is 2.27. The Morgan fingerprint density at radius 3 is 2.95 bits per heavy atom. The normalized spacial score (nSPS) is 18.6. The summed E-state index contributed by atoms with van der Waals surface area (Å²) in [7, 11) is 0. The van der Waals surface area contributed by atoms with Crippen LogP contribution in [-0.4, -0.2) is 28.6 Å². The second-order valence-corrected chi connectivity index (χ2v) is 6.57. The summed E-state index contributed by atoms with van der Waals surface area (Å²) in [5.74, 6) is 0.181. The van der Waals surface area contributed by atoms with Crippen LogP contribution < -0.4 is 0 Å². The summed E-state index contributed by atoms with van der Waals surface area (Å²) in [5.41, 5.74) is 0.849. The van der Waals surface area contributed by atoms with Gasteiger partial charge in [-0.25, -0.2) is 0 Å². The molecule has 2 aromatic rings. The van der Waals surface area contributed by atoms with Crippen LogP contribution in [-0.2, 0) is 11.3 Å². The summed E-state index contributed by atoms with van der Waals surface area (Å²) in [6.45, 7) is 1.41. The topological polar surface area (TPSA) is 46.8 Å². The van der Waals surface area contributed by atoms with Crippen LogP contribution in [0, 0.1) is 3.95 Å². The van der Waals surface area contributed by atoms with Gasteiger partial charge in [-0.15, -0.1) is 0 Å². The average Bonchev–Trinajstić information content (AvgIpc) is 3.10. The fourth-order valence-electron chi connectivity index (χ4n) is 2.30. The Hall–Kier alpha value is -1.50. The highest BCUT2D eigenvalue weighted by atomic mass is 32.1. The van der Waals surface area contributed by atoms with Gasteiger partial charge in [-0.3, -0.25) is 9.56 Å². The van der Waals surface area contributed by atoms with Gasteiger partial charge >= 0.3 is 0 Å². The number of ether oxygens (including phenoxy) is 1. The fraction of sp³-hybridized carbons (Fsp3) is 0.333. The lowest BCUT2D eigenvalue weighted by Crippen LogP contribution is -2.14. The highest BCUT2D eigenvalue weighted by Gasteiger charge is 2.19. The van der Waals surface area contributed by atoms with E-state index >= 15 is 0 Å². The van der Waals surface area contributed by atoms with Gasteiger partial charge < -0.3 is 9.84 Å². The molecule has 3 rings (SSSR count). The first-order valence-corrected chi connectivity index (χ1v) is 8.10. The van der Waals surface area contributed by atoms with Gasteiger partial charge in [0.15, 0.2) is 3.95 Å². The van der Waals surface area contributed by atoms with Crippen LogP contribution in [0.15, 0.2) is 35.3 Å². The molecule has 1 atom stereocenters. The third-order valence-corrected chi connectivity index (χ3v) is 4.76. The zero-order valence-electron chi connectivity index (χ0n) is 11.4. The van der Waals surface area contributed by atoms with Crippen LogP contribution in [0.4, 0.5) is 5.69 Å². The lowest BCUT2D eigenvalue weighted by atomic mass is 10.2. The molecule has 1 aliphatic rings. The van der Waals surface area contributed by atoms with E-state index in [9.17, 15) is 5.11 Å². The number of nitrogens with zero attached hydrogens (tertiary/aromatic N) is 2.